The normalized spacial score (nSPS) is 28.5. The predicted molar refractivity (Wildman–Crippen MR) is 45.9 cm³/mol. The van der Waals surface area contributed by atoms with Gasteiger partial charge >= 0.3 is 0 Å². The lowest BCUT2D eigenvalue weighted by atomic mass is 10.4. The van der Waals surface area contributed by atoms with Crippen LogP contribution in [0.15, 0.2) is 6.20 Å². The molecule has 3 nitrogen and oxygen atoms in total. The summed E-state index contributed by atoms with van der Waals surface area (Å²) < 4.78 is 10.7. The Balaban J connectivity index is 2.04. The van der Waals surface area contributed by atoms with Crippen molar-refractivity contribution in [2.75, 3.05) is 0 Å². The Hall–Kier alpha value is -0.450. The Morgan fingerprint density at radius 2 is 2.33 bits per heavy atom. The van der Waals surface area contributed by atoms with Gasteiger partial charge in [-0.15, -0.1) is 11.3 Å². The third-order valence-corrected chi connectivity index (χ3v) is 2.90. The molecular formula is C8H11NO2S. The van der Waals surface area contributed by atoms with Crippen LogP contribution in [0.4, 0.5) is 0 Å². The maximum atomic E-state index is 5.33. The summed E-state index contributed by atoms with van der Waals surface area (Å²) >= 11 is 1.66. The molecular weight excluding hydrogens is 174 g/mol. The number of hydrogen-bond acceptors (Lipinski definition) is 4. The van der Waals surface area contributed by atoms with Gasteiger partial charge in [-0.05, 0) is 13.3 Å². The smallest absolute Gasteiger partial charge is 0.200 e. The maximum Gasteiger partial charge on any atom is 0.200 e. The highest BCUT2D eigenvalue weighted by molar-refractivity contribution is 7.11. The van der Waals surface area contributed by atoms with Crippen LogP contribution >= 0.6 is 11.3 Å². The van der Waals surface area contributed by atoms with Gasteiger partial charge in [-0.2, -0.15) is 0 Å². The first-order chi connectivity index (χ1) is 5.79. The summed E-state index contributed by atoms with van der Waals surface area (Å²) in [7, 11) is 0. The Kier molecular flexibility index (Phi) is 2.12. The number of thiazole rings is 1. The molecule has 1 aromatic heterocycles. The van der Waals surface area contributed by atoms with Gasteiger partial charge in [-0.25, -0.2) is 4.98 Å². The van der Waals surface area contributed by atoms with Crippen LogP contribution < -0.4 is 0 Å². The van der Waals surface area contributed by atoms with Crippen LogP contribution in [0.3, 0.4) is 0 Å². The number of hydrogen-bond donors (Lipinski definition) is 0. The number of rotatable bonds is 2. The minimum atomic E-state index is -0.155. The topological polar surface area (TPSA) is 31.4 Å². The molecule has 4 heteroatoms. The molecule has 1 saturated heterocycles. The van der Waals surface area contributed by atoms with Crippen molar-refractivity contribution in [3.63, 3.8) is 0 Å². The summed E-state index contributed by atoms with van der Waals surface area (Å²) in [6, 6.07) is 0. The second-order valence-electron chi connectivity index (χ2n) is 2.68. The van der Waals surface area contributed by atoms with Crippen LogP contribution in [0.5, 0.6) is 0 Å². The SMILES string of the molecule is CCc1ncc(C2OC(C)O2)s1. The van der Waals surface area contributed by atoms with Gasteiger partial charge in [0.1, 0.15) is 0 Å². The lowest BCUT2D eigenvalue weighted by Gasteiger charge is -2.32. The molecule has 1 aliphatic heterocycles. The molecule has 0 N–H and O–H groups in total. The zero-order chi connectivity index (χ0) is 8.55. The zero-order valence-corrected chi connectivity index (χ0v) is 7.93. The van der Waals surface area contributed by atoms with Crippen LogP contribution in [0.1, 0.15) is 30.0 Å². The highest BCUT2D eigenvalue weighted by Crippen LogP contribution is 2.34. The van der Waals surface area contributed by atoms with E-state index < -0.39 is 0 Å². The van der Waals surface area contributed by atoms with E-state index in [0.29, 0.717) is 0 Å². The second-order valence-corrected chi connectivity index (χ2v) is 3.83. The summed E-state index contributed by atoms with van der Waals surface area (Å²) in [6.07, 6.45) is 2.60. The summed E-state index contributed by atoms with van der Waals surface area (Å²) in [4.78, 5) is 5.30. The Morgan fingerprint density at radius 1 is 1.58 bits per heavy atom. The largest absolute Gasteiger partial charge is 0.319 e. The molecule has 2 heterocycles. The Morgan fingerprint density at radius 3 is 2.83 bits per heavy atom. The molecule has 0 aliphatic carbocycles. The van der Waals surface area contributed by atoms with E-state index in [0.717, 1.165) is 16.3 Å². The van der Waals surface area contributed by atoms with Gasteiger partial charge in [-0.1, -0.05) is 6.92 Å². The van der Waals surface area contributed by atoms with Crippen molar-refractivity contribution in [1.29, 1.82) is 0 Å². The highest BCUT2D eigenvalue weighted by Gasteiger charge is 2.29. The molecule has 0 unspecified atom stereocenters. The molecule has 66 valence electrons. The number of nitrogens with zero attached hydrogens (tertiary/aromatic N) is 1. The van der Waals surface area contributed by atoms with Crippen LogP contribution in [0.2, 0.25) is 0 Å². The standard InChI is InChI=1S/C8H11NO2S/c1-3-7-9-4-6(12-7)8-10-5(2)11-8/h4-5,8H,3H2,1-2H3. The van der Waals surface area contributed by atoms with Crippen molar-refractivity contribution in [2.24, 2.45) is 0 Å². The lowest BCUT2D eigenvalue weighted by molar-refractivity contribution is -0.381. The fourth-order valence-corrected chi connectivity index (χ4v) is 1.92. The molecule has 0 spiro atoms. The maximum absolute atomic E-state index is 5.33. The molecule has 0 aromatic carbocycles. The average Bonchev–Trinajstić information content (AvgIpc) is 2.46. The van der Waals surface area contributed by atoms with E-state index in [1.165, 1.54) is 0 Å². The molecule has 0 atom stereocenters. The number of aromatic nitrogens is 1. The zero-order valence-electron chi connectivity index (χ0n) is 7.11. The van der Waals surface area contributed by atoms with Gasteiger partial charge in [0.2, 0.25) is 0 Å². The molecule has 0 saturated carbocycles. The summed E-state index contributed by atoms with van der Waals surface area (Å²) in [5.74, 6) is 0. The molecule has 12 heavy (non-hydrogen) atoms. The van der Waals surface area contributed by atoms with Crippen molar-refractivity contribution < 1.29 is 9.47 Å². The fourth-order valence-electron chi connectivity index (χ4n) is 1.09. The quantitative estimate of drug-likeness (QED) is 0.707. The minimum absolute atomic E-state index is 0.0535. The van der Waals surface area contributed by atoms with Crippen LogP contribution in [-0.2, 0) is 15.9 Å². The van der Waals surface area contributed by atoms with E-state index in [9.17, 15) is 0 Å². The molecule has 0 amide bonds. The molecule has 0 bridgehead atoms. The van der Waals surface area contributed by atoms with Crippen LogP contribution in [-0.4, -0.2) is 11.3 Å². The third kappa shape index (κ3) is 1.37. The first-order valence-electron chi connectivity index (χ1n) is 4.05. The predicted octanol–water partition coefficient (Wildman–Crippen LogP) is 2.10. The Bertz CT molecular complexity index is 268. The van der Waals surface area contributed by atoms with Gasteiger partial charge in [0.05, 0.1) is 9.88 Å². The summed E-state index contributed by atoms with van der Waals surface area (Å²) in [5.41, 5.74) is 0. The second kappa shape index (κ2) is 3.12. The van der Waals surface area contributed by atoms with Crippen molar-refractivity contribution in [3.05, 3.63) is 16.1 Å². The van der Waals surface area contributed by atoms with Crippen LogP contribution in [0.25, 0.3) is 0 Å². The van der Waals surface area contributed by atoms with Gasteiger partial charge in [-0.3, -0.25) is 0 Å². The van der Waals surface area contributed by atoms with Crippen molar-refractivity contribution in [3.8, 4) is 0 Å². The van der Waals surface area contributed by atoms with Gasteiger partial charge < -0.3 is 9.47 Å². The van der Waals surface area contributed by atoms with Crippen molar-refractivity contribution in [1.82, 2.24) is 4.98 Å². The van der Waals surface area contributed by atoms with Gasteiger partial charge in [0.15, 0.2) is 12.6 Å². The molecule has 1 fully saturated rings. The van der Waals surface area contributed by atoms with E-state index in [1.54, 1.807) is 11.3 Å². The van der Waals surface area contributed by atoms with Crippen LogP contribution in [0, 0.1) is 0 Å². The fraction of sp³-hybridized carbons (Fsp3) is 0.625. The minimum Gasteiger partial charge on any atom is -0.319 e. The van der Waals surface area contributed by atoms with E-state index in [1.807, 2.05) is 13.1 Å². The summed E-state index contributed by atoms with van der Waals surface area (Å²) in [6.45, 7) is 3.98. The molecule has 2 rings (SSSR count). The average molecular weight is 185 g/mol. The summed E-state index contributed by atoms with van der Waals surface area (Å²) in [5, 5.41) is 1.14. The van der Waals surface area contributed by atoms with Gasteiger partial charge in [0, 0.05) is 6.20 Å². The number of aryl methyl sites for hydroxylation is 1. The molecule has 0 radical (unpaired) electrons. The Labute approximate surface area is 75.3 Å². The van der Waals surface area contributed by atoms with E-state index in [2.05, 4.69) is 11.9 Å². The number of ether oxygens (including phenoxy) is 2. The van der Waals surface area contributed by atoms with E-state index >= 15 is 0 Å². The van der Waals surface area contributed by atoms with Crippen molar-refractivity contribution >= 4 is 11.3 Å². The highest BCUT2D eigenvalue weighted by atomic mass is 32.1. The molecule has 1 aliphatic rings. The monoisotopic (exact) mass is 185 g/mol. The first-order valence-corrected chi connectivity index (χ1v) is 4.86. The van der Waals surface area contributed by atoms with Gasteiger partial charge in [0.25, 0.3) is 0 Å². The molecule has 1 aromatic rings. The first kappa shape index (κ1) is 8.16. The van der Waals surface area contributed by atoms with Crippen molar-refractivity contribution in [2.45, 2.75) is 32.8 Å². The van der Waals surface area contributed by atoms with E-state index in [4.69, 9.17) is 9.47 Å². The third-order valence-electron chi connectivity index (χ3n) is 1.74. The van der Waals surface area contributed by atoms with E-state index in [-0.39, 0.29) is 12.6 Å². The lowest BCUT2D eigenvalue weighted by Crippen LogP contribution is -2.30.